The number of nitrogens with zero attached hydrogens (tertiary/aromatic N) is 3. The summed E-state index contributed by atoms with van der Waals surface area (Å²) in [5.41, 5.74) is 5.99. The molecule has 1 aliphatic carbocycles. The van der Waals surface area contributed by atoms with Crippen LogP contribution in [0.25, 0.3) is 16.6 Å². The van der Waals surface area contributed by atoms with Gasteiger partial charge in [0.2, 0.25) is 0 Å². The van der Waals surface area contributed by atoms with Crippen molar-refractivity contribution in [1.82, 2.24) is 14.5 Å². The Kier molecular flexibility index (Phi) is 4.00. The van der Waals surface area contributed by atoms with Crippen molar-refractivity contribution in [2.45, 2.75) is 25.8 Å². The summed E-state index contributed by atoms with van der Waals surface area (Å²) < 4.78 is 29.6. The van der Waals surface area contributed by atoms with Gasteiger partial charge < -0.3 is 5.73 Å². The van der Waals surface area contributed by atoms with Crippen LogP contribution in [0.1, 0.15) is 30.3 Å². The molecule has 1 aliphatic rings. The molecule has 0 bridgehead atoms. The summed E-state index contributed by atoms with van der Waals surface area (Å²) in [6, 6.07) is 1.88. The molecule has 0 spiro atoms. The van der Waals surface area contributed by atoms with Crippen molar-refractivity contribution in [3.8, 4) is 5.69 Å². The molecule has 0 amide bonds. The van der Waals surface area contributed by atoms with Crippen LogP contribution >= 0.6 is 11.6 Å². The first-order valence-corrected chi connectivity index (χ1v) is 8.54. The van der Waals surface area contributed by atoms with Crippen molar-refractivity contribution in [1.29, 1.82) is 0 Å². The lowest BCUT2D eigenvalue weighted by molar-refractivity contribution is 0.565. The van der Waals surface area contributed by atoms with Crippen molar-refractivity contribution >= 4 is 22.5 Å². The van der Waals surface area contributed by atoms with E-state index in [9.17, 15) is 13.6 Å². The number of fused-ring (bicyclic) bond motifs is 1. The normalized spacial score (nSPS) is 15.4. The second-order valence-corrected chi connectivity index (χ2v) is 6.90. The Morgan fingerprint density at radius 3 is 2.69 bits per heavy atom. The molecule has 1 unspecified atom stereocenters. The topological polar surface area (TPSA) is 73.8 Å². The molecule has 0 saturated heterocycles. The summed E-state index contributed by atoms with van der Waals surface area (Å²) >= 11 is 6.13. The van der Waals surface area contributed by atoms with Gasteiger partial charge in [0.05, 0.1) is 34.5 Å². The highest BCUT2D eigenvalue weighted by molar-refractivity contribution is 6.35. The second kappa shape index (κ2) is 6.10. The van der Waals surface area contributed by atoms with E-state index in [0.29, 0.717) is 0 Å². The maximum atomic E-state index is 14.3. The Labute approximate surface area is 152 Å². The van der Waals surface area contributed by atoms with Crippen LogP contribution in [0.4, 0.5) is 8.78 Å². The summed E-state index contributed by atoms with van der Waals surface area (Å²) in [7, 11) is 0. The monoisotopic (exact) mass is 376 g/mol. The lowest BCUT2D eigenvalue weighted by atomic mass is 10.1. The smallest absolute Gasteiger partial charge is 0.267 e. The van der Waals surface area contributed by atoms with Gasteiger partial charge in [0.15, 0.2) is 0 Å². The van der Waals surface area contributed by atoms with Crippen LogP contribution in [0.5, 0.6) is 0 Å². The minimum Gasteiger partial charge on any atom is -0.321 e. The first-order chi connectivity index (χ1) is 12.4. The summed E-state index contributed by atoms with van der Waals surface area (Å²) in [6.07, 6.45) is 4.22. The van der Waals surface area contributed by atoms with Gasteiger partial charge in [0.1, 0.15) is 23.0 Å². The van der Waals surface area contributed by atoms with E-state index in [1.54, 1.807) is 0 Å². The fourth-order valence-corrected chi connectivity index (χ4v) is 3.30. The number of nitrogens with two attached hydrogens (primary N) is 1. The highest BCUT2D eigenvalue weighted by Crippen LogP contribution is 2.39. The zero-order valence-electron chi connectivity index (χ0n) is 13.8. The molecular formula is C18H15ClF2N4O. The molecule has 1 atom stereocenters. The fraction of sp³-hybridized carbons (Fsp3) is 0.278. The van der Waals surface area contributed by atoms with Gasteiger partial charge in [-0.3, -0.25) is 14.3 Å². The van der Waals surface area contributed by atoms with Crippen LogP contribution in [-0.4, -0.2) is 14.5 Å². The largest absolute Gasteiger partial charge is 0.321 e. The van der Waals surface area contributed by atoms with Crippen molar-refractivity contribution in [2.75, 3.05) is 0 Å². The quantitative estimate of drug-likeness (QED) is 0.760. The standard InChI is InChI=1S/C18H15ClF2N4O/c1-8-12(21)6-23-7-13(8)25-17(15(22)9-2-3-9)24-16-11(20)5-4-10(19)14(16)18(25)26/h4-7,9,15H,2-3,22H2,1H3. The molecule has 4 rings (SSSR count). The van der Waals surface area contributed by atoms with Crippen LogP contribution in [-0.2, 0) is 0 Å². The highest BCUT2D eigenvalue weighted by atomic mass is 35.5. The average molecular weight is 377 g/mol. The Morgan fingerprint density at radius 1 is 1.27 bits per heavy atom. The molecule has 2 heterocycles. The number of hydrogen-bond donors (Lipinski definition) is 1. The number of rotatable bonds is 3. The van der Waals surface area contributed by atoms with Gasteiger partial charge in [-0.05, 0) is 37.8 Å². The molecule has 2 aromatic heterocycles. The summed E-state index contributed by atoms with van der Waals surface area (Å²) in [5.74, 6) is -0.894. The molecule has 134 valence electrons. The predicted molar refractivity (Wildman–Crippen MR) is 94.5 cm³/mol. The van der Waals surface area contributed by atoms with E-state index in [1.165, 1.54) is 23.8 Å². The van der Waals surface area contributed by atoms with Gasteiger partial charge in [0, 0.05) is 5.56 Å². The van der Waals surface area contributed by atoms with E-state index >= 15 is 0 Å². The van der Waals surface area contributed by atoms with Gasteiger partial charge in [0.25, 0.3) is 5.56 Å². The molecule has 0 radical (unpaired) electrons. The van der Waals surface area contributed by atoms with E-state index in [-0.39, 0.29) is 38.9 Å². The van der Waals surface area contributed by atoms with Crippen molar-refractivity contribution in [2.24, 2.45) is 11.7 Å². The Hall–Kier alpha value is -2.38. The molecule has 8 heteroatoms. The minimum atomic E-state index is -0.660. The molecule has 5 nitrogen and oxygen atoms in total. The molecule has 26 heavy (non-hydrogen) atoms. The van der Waals surface area contributed by atoms with Crippen molar-refractivity contribution < 1.29 is 8.78 Å². The van der Waals surface area contributed by atoms with Crippen LogP contribution in [0.15, 0.2) is 29.3 Å². The van der Waals surface area contributed by atoms with Gasteiger partial charge in [-0.15, -0.1) is 0 Å². The number of pyridine rings is 1. The summed E-state index contributed by atoms with van der Waals surface area (Å²) in [6.45, 7) is 1.53. The third-order valence-corrected chi connectivity index (χ3v) is 5.06. The van der Waals surface area contributed by atoms with Crippen molar-refractivity contribution in [3.05, 3.63) is 62.9 Å². The molecule has 1 fully saturated rings. The fourth-order valence-electron chi connectivity index (χ4n) is 3.07. The number of aromatic nitrogens is 3. The maximum absolute atomic E-state index is 14.3. The molecule has 1 aromatic carbocycles. The number of benzene rings is 1. The lowest BCUT2D eigenvalue weighted by Gasteiger charge is -2.19. The third kappa shape index (κ3) is 2.59. The zero-order chi connectivity index (χ0) is 18.6. The van der Waals surface area contributed by atoms with E-state index in [2.05, 4.69) is 9.97 Å². The molecule has 3 aromatic rings. The van der Waals surface area contributed by atoms with Crippen LogP contribution in [0, 0.1) is 24.5 Å². The average Bonchev–Trinajstić information content (AvgIpc) is 3.45. The molecule has 2 N–H and O–H groups in total. The van der Waals surface area contributed by atoms with Gasteiger partial charge >= 0.3 is 0 Å². The third-order valence-electron chi connectivity index (χ3n) is 4.75. The van der Waals surface area contributed by atoms with Gasteiger partial charge in [-0.1, -0.05) is 11.6 Å². The Morgan fingerprint density at radius 2 is 2.00 bits per heavy atom. The van der Waals surface area contributed by atoms with Crippen LogP contribution < -0.4 is 11.3 Å². The maximum Gasteiger partial charge on any atom is 0.267 e. The zero-order valence-corrected chi connectivity index (χ0v) is 14.6. The Bertz CT molecular complexity index is 1090. The second-order valence-electron chi connectivity index (χ2n) is 6.49. The number of hydrogen-bond acceptors (Lipinski definition) is 4. The molecular weight excluding hydrogens is 362 g/mol. The minimum absolute atomic E-state index is 0.0675. The summed E-state index contributed by atoms with van der Waals surface area (Å²) in [5, 5.41) is 0.00304. The van der Waals surface area contributed by atoms with E-state index in [1.807, 2.05) is 0 Å². The first-order valence-electron chi connectivity index (χ1n) is 8.17. The first kappa shape index (κ1) is 17.1. The summed E-state index contributed by atoms with van der Waals surface area (Å²) in [4.78, 5) is 21.4. The highest BCUT2D eigenvalue weighted by Gasteiger charge is 2.34. The van der Waals surface area contributed by atoms with E-state index in [4.69, 9.17) is 17.3 Å². The van der Waals surface area contributed by atoms with Crippen molar-refractivity contribution in [3.63, 3.8) is 0 Å². The van der Waals surface area contributed by atoms with Gasteiger partial charge in [-0.2, -0.15) is 0 Å². The van der Waals surface area contributed by atoms with Crippen LogP contribution in [0.2, 0.25) is 5.02 Å². The molecule has 0 aliphatic heterocycles. The lowest BCUT2D eigenvalue weighted by Crippen LogP contribution is -2.30. The van der Waals surface area contributed by atoms with E-state index < -0.39 is 23.2 Å². The van der Waals surface area contributed by atoms with Crippen LogP contribution in [0.3, 0.4) is 0 Å². The predicted octanol–water partition coefficient (Wildman–Crippen LogP) is 3.43. The SMILES string of the molecule is Cc1c(F)cncc1-n1c(C(N)C2CC2)nc2c(F)ccc(Cl)c2c1=O. The Balaban J connectivity index is 2.14. The molecule has 1 saturated carbocycles. The van der Waals surface area contributed by atoms with Gasteiger partial charge in [-0.25, -0.2) is 13.8 Å². The number of halogens is 3. The van der Waals surface area contributed by atoms with E-state index in [0.717, 1.165) is 25.1 Å².